The minimum atomic E-state index is -4.79. The molecule has 232 valence electrons. The summed E-state index contributed by atoms with van der Waals surface area (Å²) in [7, 11) is 0. The lowest BCUT2D eigenvalue weighted by Gasteiger charge is -2.26. The van der Waals surface area contributed by atoms with Crippen molar-refractivity contribution < 1.29 is 45.1 Å². The molecule has 7 nitrogen and oxygen atoms in total. The molecule has 3 aromatic rings. The van der Waals surface area contributed by atoms with Crippen molar-refractivity contribution in [2.45, 2.75) is 57.1 Å². The van der Waals surface area contributed by atoms with E-state index in [4.69, 9.17) is 4.42 Å². The summed E-state index contributed by atoms with van der Waals surface area (Å²) in [6, 6.07) is 11.6. The number of alkyl halides is 6. The third-order valence-corrected chi connectivity index (χ3v) is 7.06. The van der Waals surface area contributed by atoms with Gasteiger partial charge >= 0.3 is 12.5 Å². The third kappa shape index (κ3) is 9.69. The van der Waals surface area contributed by atoms with Crippen LogP contribution in [0.4, 0.5) is 32.0 Å². The van der Waals surface area contributed by atoms with Crippen LogP contribution < -0.4 is 20.7 Å². The maximum Gasteiger partial charge on any atom is 0.573 e. The monoisotopic (exact) mass is 611 g/mol. The van der Waals surface area contributed by atoms with Gasteiger partial charge in [0.05, 0.1) is 5.56 Å². The van der Waals surface area contributed by atoms with Gasteiger partial charge in [0.15, 0.2) is 5.76 Å². The summed E-state index contributed by atoms with van der Waals surface area (Å²) in [5, 5.41) is 8.46. The first-order chi connectivity index (χ1) is 20.4. The number of benzene rings is 2. The lowest BCUT2D eigenvalue weighted by Crippen LogP contribution is -2.48. The highest BCUT2D eigenvalue weighted by molar-refractivity contribution is 5.96. The molecule has 0 radical (unpaired) electrons. The summed E-state index contributed by atoms with van der Waals surface area (Å²) in [4.78, 5) is 26.2. The van der Waals surface area contributed by atoms with E-state index in [0.717, 1.165) is 56.4 Å². The predicted molar refractivity (Wildman–Crippen MR) is 146 cm³/mol. The Morgan fingerprint density at radius 3 is 2.30 bits per heavy atom. The maximum atomic E-state index is 13.1. The van der Waals surface area contributed by atoms with E-state index in [2.05, 4.69) is 20.7 Å². The van der Waals surface area contributed by atoms with Crippen molar-refractivity contribution in [1.29, 1.82) is 0 Å². The first kappa shape index (κ1) is 31.8. The smallest absolute Gasteiger partial charge is 0.451 e. The number of amides is 2. The molecule has 4 rings (SSSR count). The Morgan fingerprint density at radius 2 is 1.63 bits per heavy atom. The number of anilines is 1. The van der Waals surface area contributed by atoms with Gasteiger partial charge in [-0.25, -0.2) is 0 Å². The van der Waals surface area contributed by atoms with Gasteiger partial charge in [-0.1, -0.05) is 44.2 Å². The van der Waals surface area contributed by atoms with Crippen LogP contribution in [-0.4, -0.2) is 37.3 Å². The van der Waals surface area contributed by atoms with Crippen molar-refractivity contribution >= 4 is 17.5 Å². The highest BCUT2D eigenvalue weighted by atomic mass is 19.4. The van der Waals surface area contributed by atoms with E-state index >= 15 is 0 Å². The molecule has 1 saturated carbocycles. The lowest BCUT2D eigenvalue weighted by molar-refractivity contribution is -0.274. The molecule has 1 atom stereocenters. The maximum absolute atomic E-state index is 13.1. The van der Waals surface area contributed by atoms with Gasteiger partial charge in [0, 0.05) is 24.3 Å². The average Bonchev–Trinajstić information content (AvgIpc) is 3.46. The van der Waals surface area contributed by atoms with Crippen molar-refractivity contribution in [1.82, 2.24) is 10.6 Å². The standard InChI is InChI=1S/C30H31F6N3O4/c31-29(32,33)21-8-4-7-20(18-21)25-13-14-26(42-25)28(41)39-24(17-19-5-2-1-3-6-19)27(40)38-16-15-37-22-9-11-23(12-10-22)43-30(34,35)36/h4,7-14,18-19,24,37H,1-3,5-6,15-17H2,(H,38,40)(H,39,41). The van der Waals surface area contributed by atoms with E-state index in [1.54, 1.807) is 0 Å². The fourth-order valence-electron chi connectivity index (χ4n) is 4.97. The molecule has 1 heterocycles. The van der Waals surface area contributed by atoms with Crippen LogP contribution in [0.3, 0.4) is 0 Å². The first-order valence-electron chi connectivity index (χ1n) is 13.8. The van der Waals surface area contributed by atoms with Crippen LogP contribution in [0.1, 0.15) is 54.6 Å². The molecule has 1 aliphatic rings. The van der Waals surface area contributed by atoms with Gasteiger partial charge in [-0.05, 0) is 60.9 Å². The van der Waals surface area contributed by atoms with Crippen molar-refractivity contribution in [3.63, 3.8) is 0 Å². The molecule has 1 aliphatic carbocycles. The molecule has 1 fully saturated rings. The summed E-state index contributed by atoms with van der Waals surface area (Å²) < 4.78 is 85.7. The SMILES string of the molecule is O=C(NC(CC1CCCCC1)C(=O)NCCNc1ccc(OC(F)(F)F)cc1)c1ccc(-c2cccc(C(F)(F)F)c2)o1. The van der Waals surface area contributed by atoms with Crippen LogP contribution in [0.2, 0.25) is 0 Å². The van der Waals surface area contributed by atoms with Crippen LogP contribution in [0.25, 0.3) is 11.3 Å². The summed E-state index contributed by atoms with van der Waals surface area (Å²) in [6.07, 6.45) is -3.89. The molecule has 0 bridgehead atoms. The van der Waals surface area contributed by atoms with Gasteiger partial charge < -0.3 is 25.1 Å². The van der Waals surface area contributed by atoms with Gasteiger partial charge in [-0.15, -0.1) is 13.2 Å². The van der Waals surface area contributed by atoms with Gasteiger partial charge in [-0.2, -0.15) is 13.2 Å². The van der Waals surface area contributed by atoms with Crippen LogP contribution in [0.15, 0.2) is 65.1 Å². The molecule has 0 aliphatic heterocycles. The number of ether oxygens (including phenoxy) is 1. The molecule has 43 heavy (non-hydrogen) atoms. The van der Waals surface area contributed by atoms with Gasteiger partial charge in [0.2, 0.25) is 5.91 Å². The number of rotatable bonds is 11. The number of carbonyl (C=O) groups is 2. The second-order valence-corrected chi connectivity index (χ2v) is 10.3. The summed E-state index contributed by atoms with van der Waals surface area (Å²) in [5.74, 6) is -1.28. The van der Waals surface area contributed by atoms with Gasteiger partial charge in [-0.3, -0.25) is 9.59 Å². The van der Waals surface area contributed by atoms with Crippen molar-refractivity contribution in [2.75, 3.05) is 18.4 Å². The van der Waals surface area contributed by atoms with Crippen LogP contribution in [0, 0.1) is 5.92 Å². The van der Waals surface area contributed by atoms with E-state index in [1.165, 1.54) is 36.4 Å². The predicted octanol–water partition coefficient (Wildman–Crippen LogP) is 7.16. The Hall–Kier alpha value is -4.16. The second kappa shape index (κ2) is 13.9. The Morgan fingerprint density at radius 1 is 0.907 bits per heavy atom. The molecule has 0 saturated heterocycles. The Labute approximate surface area is 244 Å². The number of hydrogen-bond acceptors (Lipinski definition) is 5. The zero-order valence-electron chi connectivity index (χ0n) is 23.0. The Bertz CT molecular complexity index is 1370. The zero-order chi connectivity index (χ0) is 31.0. The van der Waals surface area contributed by atoms with Crippen LogP contribution in [-0.2, 0) is 11.0 Å². The fourth-order valence-corrected chi connectivity index (χ4v) is 4.97. The molecule has 1 aromatic heterocycles. The molecule has 3 N–H and O–H groups in total. The number of carbonyl (C=O) groups excluding carboxylic acids is 2. The number of halogens is 6. The van der Waals surface area contributed by atoms with E-state index in [-0.39, 0.29) is 41.8 Å². The summed E-state index contributed by atoms with van der Waals surface area (Å²) in [6.45, 7) is 0.422. The number of hydrogen-bond donors (Lipinski definition) is 3. The minimum absolute atomic E-state index is 0.0774. The molecule has 13 heteroatoms. The normalized spacial score (nSPS) is 15.0. The molecular weight excluding hydrogens is 580 g/mol. The van der Waals surface area contributed by atoms with E-state index in [1.807, 2.05) is 0 Å². The lowest BCUT2D eigenvalue weighted by atomic mass is 9.84. The second-order valence-electron chi connectivity index (χ2n) is 10.3. The van der Waals surface area contributed by atoms with Crippen molar-refractivity contribution in [2.24, 2.45) is 5.92 Å². The molecule has 2 aromatic carbocycles. The molecular formula is C30H31F6N3O4. The largest absolute Gasteiger partial charge is 0.573 e. The third-order valence-electron chi connectivity index (χ3n) is 7.06. The zero-order valence-corrected chi connectivity index (χ0v) is 23.0. The van der Waals surface area contributed by atoms with Crippen LogP contribution in [0.5, 0.6) is 5.75 Å². The van der Waals surface area contributed by atoms with Crippen molar-refractivity contribution in [3.05, 3.63) is 72.0 Å². The van der Waals surface area contributed by atoms with Crippen molar-refractivity contribution in [3.8, 4) is 17.1 Å². The number of furan rings is 1. The Balaban J connectivity index is 1.35. The molecule has 2 amide bonds. The summed E-state index contributed by atoms with van der Waals surface area (Å²) in [5.41, 5.74) is -0.177. The van der Waals surface area contributed by atoms with E-state index in [0.29, 0.717) is 12.1 Å². The molecule has 1 unspecified atom stereocenters. The fraction of sp³-hybridized carbons (Fsp3) is 0.400. The summed E-state index contributed by atoms with van der Waals surface area (Å²) >= 11 is 0. The van der Waals surface area contributed by atoms with Gasteiger partial charge in [0.25, 0.3) is 5.91 Å². The number of nitrogens with one attached hydrogen (secondary N) is 3. The first-order valence-corrected chi connectivity index (χ1v) is 13.8. The van der Waals surface area contributed by atoms with Crippen LogP contribution >= 0.6 is 0 Å². The van der Waals surface area contributed by atoms with E-state index in [9.17, 15) is 35.9 Å². The quantitative estimate of drug-likeness (QED) is 0.158. The van der Waals surface area contributed by atoms with Gasteiger partial charge in [0.1, 0.15) is 17.6 Å². The topological polar surface area (TPSA) is 92.6 Å². The van der Waals surface area contributed by atoms with E-state index < -0.39 is 36.0 Å². The highest BCUT2D eigenvalue weighted by Crippen LogP contribution is 2.33. The highest BCUT2D eigenvalue weighted by Gasteiger charge is 2.32. The Kier molecular flexibility index (Phi) is 10.3. The molecule has 0 spiro atoms. The minimum Gasteiger partial charge on any atom is -0.451 e. The average molecular weight is 612 g/mol.